The van der Waals surface area contributed by atoms with Gasteiger partial charge in [-0.1, -0.05) is 6.92 Å². The molecule has 1 aromatic carbocycles. The molecule has 0 aliphatic carbocycles. The van der Waals surface area contributed by atoms with Crippen molar-refractivity contribution < 1.29 is 13.9 Å². The number of ether oxygens (including phenoxy) is 1. The molecule has 1 atom stereocenters. The van der Waals surface area contributed by atoms with Gasteiger partial charge in [0.1, 0.15) is 17.7 Å². The Morgan fingerprint density at radius 3 is 3.16 bits per heavy atom. The molecule has 2 N–H and O–H groups in total. The van der Waals surface area contributed by atoms with Gasteiger partial charge in [0, 0.05) is 25.1 Å². The second kappa shape index (κ2) is 6.52. The van der Waals surface area contributed by atoms with Crippen LogP contribution >= 0.6 is 0 Å². The molecule has 1 heterocycles. The second-order valence-corrected chi connectivity index (χ2v) is 4.68. The molecule has 0 saturated heterocycles. The highest BCUT2D eigenvalue weighted by atomic mass is 19.1. The van der Waals surface area contributed by atoms with Crippen LogP contribution in [-0.4, -0.2) is 31.6 Å². The molecule has 0 saturated carbocycles. The smallest absolute Gasteiger partial charge is 0.233 e. The molecule has 0 fully saturated rings. The van der Waals surface area contributed by atoms with E-state index in [1.807, 2.05) is 6.92 Å². The van der Waals surface area contributed by atoms with Gasteiger partial charge >= 0.3 is 0 Å². The van der Waals surface area contributed by atoms with Crippen LogP contribution in [0.2, 0.25) is 0 Å². The van der Waals surface area contributed by atoms with E-state index in [1.165, 1.54) is 12.1 Å². The third kappa shape index (κ3) is 3.92. The van der Waals surface area contributed by atoms with Crippen LogP contribution in [0, 0.1) is 5.82 Å². The minimum absolute atomic E-state index is 0.0107. The Morgan fingerprint density at radius 1 is 1.53 bits per heavy atom. The van der Waals surface area contributed by atoms with Crippen molar-refractivity contribution in [2.75, 3.05) is 19.6 Å². The van der Waals surface area contributed by atoms with E-state index < -0.39 is 0 Å². The van der Waals surface area contributed by atoms with Gasteiger partial charge in [-0.25, -0.2) is 4.39 Å². The Labute approximate surface area is 112 Å². The third-order valence-electron chi connectivity index (χ3n) is 2.99. The van der Waals surface area contributed by atoms with E-state index in [0.29, 0.717) is 19.5 Å². The standard InChI is InChI=1S/C14H19FN2O2/c1-2-5-17-14(18)9-16-8-12-7-10-6-11(15)3-4-13(10)19-12/h3-4,6,12,16H,2,5,7-9H2,1H3,(H,17,18). The van der Waals surface area contributed by atoms with Crippen LogP contribution in [0.4, 0.5) is 4.39 Å². The summed E-state index contributed by atoms with van der Waals surface area (Å²) in [6.45, 7) is 3.57. The van der Waals surface area contributed by atoms with Gasteiger partial charge in [-0.15, -0.1) is 0 Å². The van der Waals surface area contributed by atoms with E-state index in [4.69, 9.17) is 4.74 Å². The van der Waals surface area contributed by atoms with Crippen LogP contribution in [0.1, 0.15) is 18.9 Å². The van der Waals surface area contributed by atoms with Crippen LogP contribution in [-0.2, 0) is 11.2 Å². The lowest BCUT2D eigenvalue weighted by molar-refractivity contribution is -0.120. The highest BCUT2D eigenvalue weighted by molar-refractivity contribution is 5.77. The summed E-state index contributed by atoms with van der Waals surface area (Å²) in [6, 6.07) is 4.55. The number of rotatable bonds is 6. The van der Waals surface area contributed by atoms with Crippen LogP contribution in [0.3, 0.4) is 0 Å². The number of benzene rings is 1. The lowest BCUT2D eigenvalue weighted by Gasteiger charge is -2.11. The quantitative estimate of drug-likeness (QED) is 0.814. The highest BCUT2D eigenvalue weighted by Gasteiger charge is 2.22. The summed E-state index contributed by atoms with van der Waals surface area (Å²) in [6.07, 6.45) is 1.57. The van der Waals surface area contributed by atoms with Gasteiger partial charge in [0.2, 0.25) is 5.91 Å². The molecule has 0 bridgehead atoms. The summed E-state index contributed by atoms with van der Waals surface area (Å²) in [4.78, 5) is 11.4. The molecule has 1 aromatic rings. The molecule has 5 heteroatoms. The first-order valence-electron chi connectivity index (χ1n) is 6.61. The maximum absolute atomic E-state index is 13.0. The molecular formula is C14H19FN2O2. The van der Waals surface area contributed by atoms with Crippen molar-refractivity contribution in [1.82, 2.24) is 10.6 Å². The fourth-order valence-electron chi connectivity index (χ4n) is 2.08. The van der Waals surface area contributed by atoms with Crippen molar-refractivity contribution in [2.24, 2.45) is 0 Å². The molecule has 4 nitrogen and oxygen atoms in total. The van der Waals surface area contributed by atoms with Gasteiger partial charge in [-0.3, -0.25) is 4.79 Å². The van der Waals surface area contributed by atoms with Crippen molar-refractivity contribution in [3.05, 3.63) is 29.6 Å². The molecule has 0 radical (unpaired) electrons. The summed E-state index contributed by atoms with van der Waals surface area (Å²) >= 11 is 0. The Morgan fingerprint density at radius 2 is 2.37 bits per heavy atom. The summed E-state index contributed by atoms with van der Waals surface area (Å²) in [7, 11) is 0. The van der Waals surface area contributed by atoms with E-state index in [-0.39, 0.29) is 24.4 Å². The maximum Gasteiger partial charge on any atom is 0.233 e. The van der Waals surface area contributed by atoms with Crippen molar-refractivity contribution in [2.45, 2.75) is 25.9 Å². The number of amides is 1. The van der Waals surface area contributed by atoms with Crippen molar-refractivity contribution in [1.29, 1.82) is 0 Å². The van der Waals surface area contributed by atoms with E-state index in [9.17, 15) is 9.18 Å². The van der Waals surface area contributed by atoms with Crippen LogP contribution in [0.5, 0.6) is 5.75 Å². The SMILES string of the molecule is CCCNC(=O)CNCC1Cc2cc(F)ccc2O1. The Hall–Kier alpha value is -1.62. The van der Waals surface area contributed by atoms with Crippen molar-refractivity contribution in [3.63, 3.8) is 0 Å². The lowest BCUT2D eigenvalue weighted by atomic mass is 10.1. The topological polar surface area (TPSA) is 50.4 Å². The Kier molecular flexibility index (Phi) is 4.74. The predicted molar refractivity (Wildman–Crippen MR) is 70.7 cm³/mol. The maximum atomic E-state index is 13.0. The summed E-state index contributed by atoms with van der Waals surface area (Å²) in [5.41, 5.74) is 0.891. The number of nitrogens with one attached hydrogen (secondary N) is 2. The van der Waals surface area contributed by atoms with Gasteiger partial charge in [0.05, 0.1) is 6.54 Å². The van der Waals surface area contributed by atoms with Gasteiger partial charge in [0.15, 0.2) is 0 Å². The summed E-state index contributed by atoms with van der Waals surface area (Å²) < 4.78 is 18.7. The van der Waals surface area contributed by atoms with Crippen LogP contribution in [0.15, 0.2) is 18.2 Å². The number of hydrogen-bond acceptors (Lipinski definition) is 3. The molecular weight excluding hydrogens is 247 g/mol. The van der Waals surface area contributed by atoms with E-state index >= 15 is 0 Å². The van der Waals surface area contributed by atoms with Gasteiger partial charge < -0.3 is 15.4 Å². The Bertz CT molecular complexity index is 451. The van der Waals surface area contributed by atoms with Gasteiger partial charge in [-0.2, -0.15) is 0 Å². The van der Waals surface area contributed by atoms with E-state index in [1.54, 1.807) is 6.07 Å². The molecule has 19 heavy (non-hydrogen) atoms. The molecule has 104 valence electrons. The molecule has 1 aliphatic rings. The number of hydrogen-bond donors (Lipinski definition) is 2. The molecule has 1 unspecified atom stereocenters. The molecule has 1 aliphatic heterocycles. The number of carbonyl (C=O) groups is 1. The molecule has 0 aromatic heterocycles. The van der Waals surface area contributed by atoms with Gasteiger partial charge in [0.25, 0.3) is 0 Å². The van der Waals surface area contributed by atoms with E-state index in [2.05, 4.69) is 10.6 Å². The zero-order valence-electron chi connectivity index (χ0n) is 11.0. The first kappa shape index (κ1) is 13.8. The molecule has 1 amide bonds. The summed E-state index contributed by atoms with van der Waals surface area (Å²) in [5, 5.41) is 5.85. The average molecular weight is 266 g/mol. The zero-order valence-corrected chi connectivity index (χ0v) is 11.0. The Balaban J connectivity index is 1.71. The monoisotopic (exact) mass is 266 g/mol. The van der Waals surface area contributed by atoms with Crippen molar-refractivity contribution >= 4 is 5.91 Å². The number of halogens is 1. The first-order valence-corrected chi connectivity index (χ1v) is 6.61. The fraction of sp³-hybridized carbons (Fsp3) is 0.500. The minimum Gasteiger partial charge on any atom is -0.488 e. The van der Waals surface area contributed by atoms with Crippen LogP contribution < -0.4 is 15.4 Å². The molecule has 2 rings (SSSR count). The normalized spacial score (nSPS) is 16.8. The lowest BCUT2D eigenvalue weighted by Crippen LogP contribution is -2.38. The van der Waals surface area contributed by atoms with Crippen molar-refractivity contribution in [3.8, 4) is 5.75 Å². The summed E-state index contributed by atoms with van der Waals surface area (Å²) in [5.74, 6) is 0.488. The third-order valence-corrected chi connectivity index (χ3v) is 2.99. The highest BCUT2D eigenvalue weighted by Crippen LogP contribution is 2.28. The largest absolute Gasteiger partial charge is 0.488 e. The fourth-order valence-corrected chi connectivity index (χ4v) is 2.08. The average Bonchev–Trinajstić information content (AvgIpc) is 2.78. The van der Waals surface area contributed by atoms with Gasteiger partial charge in [-0.05, 0) is 24.6 Å². The van der Waals surface area contributed by atoms with E-state index in [0.717, 1.165) is 17.7 Å². The first-order chi connectivity index (χ1) is 9.19. The zero-order chi connectivity index (χ0) is 13.7. The second-order valence-electron chi connectivity index (χ2n) is 4.68. The predicted octanol–water partition coefficient (Wildman–Crippen LogP) is 1.24. The van der Waals surface area contributed by atoms with Crippen LogP contribution in [0.25, 0.3) is 0 Å². The number of fused-ring (bicyclic) bond motifs is 1. The minimum atomic E-state index is -0.241. The molecule has 0 spiro atoms. The number of carbonyl (C=O) groups excluding carboxylic acids is 1.